The minimum Gasteiger partial charge on any atom is -0.496 e. The second-order valence-corrected chi connectivity index (χ2v) is 6.68. The fourth-order valence-corrected chi connectivity index (χ4v) is 3.57. The molecule has 0 fully saturated rings. The molecule has 0 bridgehead atoms. The smallest absolute Gasteiger partial charge is 0.231 e. The third kappa shape index (κ3) is 3.39. The van der Waals surface area contributed by atoms with E-state index in [0.717, 1.165) is 29.2 Å². The first-order chi connectivity index (χ1) is 12.3. The van der Waals surface area contributed by atoms with Gasteiger partial charge in [-0.3, -0.25) is 0 Å². The van der Waals surface area contributed by atoms with Crippen LogP contribution in [0.5, 0.6) is 17.2 Å². The molecule has 1 aliphatic rings. The molecule has 2 heterocycles. The molecule has 0 atom stereocenters. The maximum Gasteiger partial charge on any atom is 0.231 e. The number of methoxy groups -OCH3 is 1. The molecule has 3 nitrogen and oxygen atoms in total. The van der Waals surface area contributed by atoms with E-state index < -0.39 is 0 Å². The zero-order valence-electron chi connectivity index (χ0n) is 13.9. The predicted octanol–water partition coefficient (Wildman–Crippen LogP) is 5.41. The molecule has 3 aromatic rings. The van der Waals surface area contributed by atoms with E-state index in [-0.39, 0.29) is 0 Å². The van der Waals surface area contributed by atoms with Crippen LogP contribution in [0.3, 0.4) is 0 Å². The Morgan fingerprint density at radius 3 is 2.84 bits per heavy atom. The predicted molar refractivity (Wildman–Crippen MR) is 102 cm³/mol. The molecular formula is C21H18O3S. The molecule has 2 aromatic carbocycles. The van der Waals surface area contributed by atoms with Gasteiger partial charge in [0.2, 0.25) is 6.79 Å². The van der Waals surface area contributed by atoms with Crippen molar-refractivity contribution in [3.8, 4) is 27.7 Å². The Morgan fingerprint density at radius 2 is 2.00 bits per heavy atom. The van der Waals surface area contributed by atoms with E-state index in [1.54, 1.807) is 18.4 Å². The number of rotatable bonds is 5. The van der Waals surface area contributed by atoms with Gasteiger partial charge in [0.05, 0.1) is 7.11 Å². The van der Waals surface area contributed by atoms with Crippen LogP contribution in [-0.4, -0.2) is 13.9 Å². The molecular weight excluding hydrogens is 332 g/mol. The van der Waals surface area contributed by atoms with Gasteiger partial charge in [-0.05, 0) is 59.3 Å². The van der Waals surface area contributed by atoms with Gasteiger partial charge in [-0.1, -0.05) is 24.3 Å². The number of benzene rings is 2. The molecule has 25 heavy (non-hydrogen) atoms. The van der Waals surface area contributed by atoms with Crippen molar-refractivity contribution in [1.29, 1.82) is 0 Å². The van der Waals surface area contributed by atoms with Crippen molar-refractivity contribution in [2.75, 3.05) is 13.9 Å². The first-order valence-corrected chi connectivity index (χ1v) is 8.98. The average molecular weight is 350 g/mol. The van der Waals surface area contributed by atoms with E-state index in [9.17, 15) is 0 Å². The van der Waals surface area contributed by atoms with Crippen LogP contribution >= 0.6 is 11.3 Å². The third-order valence-corrected chi connectivity index (χ3v) is 5.04. The Hall–Kier alpha value is -2.72. The van der Waals surface area contributed by atoms with Crippen molar-refractivity contribution in [1.82, 2.24) is 0 Å². The van der Waals surface area contributed by atoms with Gasteiger partial charge >= 0.3 is 0 Å². The molecule has 0 amide bonds. The lowest BCUT2D eigenvalue weighted by Gasteiger charge is -2.07. The quantitative estimate of drug-likeness (QED) is 0.616. The monoisotopic (exact) mass is 350 g/mol. The van der Waals surface area contributed by atoms with Gasteiger partial charge in [0.25, 0.3) is 0 Å². The van der Waals surface area contributed by atoms with Crippen LogP contribution in [0.1, 0.15) is 11.1 Å². The molecule has 0 aliphatic carbocycles. The van der Waals surface area contributed by atoms with Crippen LogP contribution in [0.25, 0.3) is 16.5 Å². The van der Waals surface area contributed by atoms with E-state index in [0.29, 0.717) is 6.79 Å². The van der Waals surface area contributed by atoms with Gasteiger partial charge in [-0.2, -0.15) is 0 Å². The topological polar surface area (TPSA) is 27.7 Å². The van der Waals surface area contributed by atoms with E-state index in [1.165, 1.54) is 16.0 Å². The van der Waals surface area contributed by atoms with Gasteiger partial charge in [-0.25, -0.2) is 0 Å². The van der Waals surface area contributed by atoms with Crippen LogP contribution in [0, 0.1) is 0 Å². The molecule has 1 aliphatic heterocycles. The average Bonchev–Trinajstić information content (AvgIpc) is 3.33. The van der Waals surface area contributed by atoms with Gasteiger partial charge in [-0.15, -0.1) is 11.3 Å². The summed E-state index contributed by atoms with van der Waals surface area (Å²) in [5, 5.41) is 2.09. The zero-order chi connectivity index (χ0) is 17.1. The van der Waals surface area contributed by atoms with Gasteiger partial charge in [0.1, 0.15) is 5.75 Å². The second-order valence-electron chi connectivity index (χ2n) is 5.73. The highest BCUT2D eigenvalue weighted by atomic mass is 32.1. The number of fused-ring (bicyclic) bond motifs is 1. The Kier molecular flexibility index (Phi) is 4.44. The normalized spacial score (nSPS) is 12.7. The molecule has 0 unspecified atom stereocenters. The molecule has 0 spiro atoms. The zero-order valence-corrected chi connectivity index (χ0v) is 14.7. The maximum absolute atomic E-state index is 5.50. The summed E-state index contributed by atoms with van der Waals surface area (Å²) in [5.41, 5.74) is 3.47. The Morgan fingerprint density at radius 1 is 1.08 bits per heavy atom. The molecule has 4 rings (SSSR count). The maximum atomic E-state index is 5.50. The highest BCUT2D eigenvalue weighted by Crippen LogP contribution is 2.33. The van der Waals surface area contributed by atoms with Crippen molar-refractivity contribution in [2.45, 2.75) is 6.42 Å². The largest absolute Gasteiger partial charge is 0.496 e. The molecule has 0 saturated carbocycles. The SMILES string of the molecule is COc1ccc(-c2cccs2)cc1C=CCc1ccc2c(c1)OCO2. The Labute approximate surface area is 151 Å². The van der Waals surface area contributed by atoms with E-state index in [4.69, 9.17) is 14.2 Å². The fourth-order valence-electron chi connectivity index (χ4n) is 2.85. The van der Waals surface area contributed by atoms with Crippen molar-refractivity contribution >= 4 is 17.4 Å². The third-order valence-electron chi connectivity index (χ3n) is 4.12. The van der Waals surface area contributed by atoms with Crippen molar-refractivity contribution in [2.24, 2.45) is 0 Å². The highest BCUT2D eigenvalue weighted by Gasteiger charge is 2.12. The number of hydrogen-bond donors (Lipinski definition) is 0. The first kappa shape index (κ1) is 15.8. The lowest BCUT2D eigenvalue weighted by Crippen LogP contribution is -1.92. The molecule has 0 N–H and O–H groups in total. The minimum atomic E-state index is 0.307. The van der Waals surface area contributed by atoms with Crippen molar-refractivity contribution < 1.29 is 14.2 Å². The van der Waals surface area contributed by atoms with Crippen LogP contribution in [0.15, 0.2) is 60.0 Å². The van der Waals surface area contributed by atoms with Gasteiger partial charge < -0.3 is 14.2 Å². The van der Waals surface area contributed by atoms with Gasteiger partial charge in [0.15, 0.2) is 11.5 Å². The highest BCUT2D eigenvalue weighted by molar-refractivity contribution is 7.13. The summed E-state index contributed by atoms with van der Waals surface area (Å²) in [6.45, 7) is 0.307. The standard InChI is InChI=1S/C21H18O3S/c1-22-18-10-8-17(21-6-3-11-25-21)13-16(18)5-2-4-15-7-9-19-20(12-15)24-14-23-19/h2-3,5-13H,4,14H2,1H3. The summed E-state index contributed by atoms with van der Waals surface area (Å²) >= 11 is 1.74. The summed E-state index contributed by atoms with van der Waals surface area (Å²) in [7, 11) is 1.70. The molecule has 126 valence electrons. The number of allylic oxidation sites excluding steroid dienone is 1. The summed E-state index contributed by atoms with van der Waals surface area (Å²) in [4.78, 5) is 1.26. The number of ether oxygens (including phenoxy) is 3. The molecule has 4 heteroatoms. The number of hydrogen-bond acceptors (Lipinski definition) is 4. The Bertz CT molecular complexity index is 898. The minimum absolute atomic E-state index is 0.307. The van der Waals surface area contributed by atoms with Crippen molar-refractivity contribution in [3.05, 3.63) is 71.1 Å². The summed E-state index contributed by atoms with van der Waals surface area (Å²) < 4.78 is 16.3. The lowest BCUT2D eigenvalue weighted by molar-refractivity contribution is 0.174. The molecule has 1 aromatic heterocycles. The Balaban J connectivity index is 1.54. The van der Waals surface area contributed by atoms with Crippen molar-refractivity contribution in [3.63, 3.8) is 0 Å². The first-order valence-electron chi connectivity index (χ1n) is 8.10. The van der Waals surface area contributed by atoms with Crippen LogP contribution in [-0.2, 0) is 6.42 Å². The van der Waals surface area contributed by atoms with Crippen LogP contribution in [0.2, 0.25) is 0 Å². The van der Waals surface area contributed by atoms with E-state index >= 15 is 0 Å². The van der Waals surface area contributed by atoms with Crippen LogP contribution in [0.4, 0.5) is 0 Å². The second kappa shape index (κ2) is 7.03. The van der Waals surface area contributed by atoms with E-state index in [1.807, 2.05) is 18.2 Å². The van der Waals surface area contributed by atoms with E-state index in [2.05, 4.69) is 47.9 Å². The summed E-state index contributed by atoms with van der Waals surface area (Å²) in [5.74, 6) is 2.52. The molecule has 0 radical (unpaired) electrons. The summed E-state index contributed by atoms with van der Waals surface area (Å²) in [6.07, 6.45) is 5.08. The lowest BCUT2D eigenvalue weighted by atomic mass is 10.1. The summed E-state index contributed by atoms with van der Waals surface area (Å²) in [6, 6.07) is 16.6. The van der Waals surface area contributed by atoms with Gasteiger partial charge in [0, 0.05) is 10.4 Å². The number of thiophene rings is 1. The van der Waals surface area contributed by atoms with Crippen LogP contribution < -0.4 is 14.2 Å². The fraction of sp³-hybridized carbons (Fsp3) is 0.143. The molecule has 0 saturated heterocycles.